The number of hydrogen-bond donors (Lipinski definition) is 1. The molecule has 3 rings (SSSR count). The number of aryl methyl sites for hydroxylation is 1. The molecule has 0 unspecified atom stereocenters. The molecule has 1 aliphatic rings. The molecule has 2 aromatic rings. The molecule has 0 spiro atoms. The quantitative estimate of drug-likeness (QED) is 0.626. The second kappa shape index (κ2) is 3.95. The van der Waals surface area contributed by atoms with Crippen LogP contribution in [0.25, 0.3) is 0 Å². The van der Waals surface area contributed by atoms with Crippen molar-refractivity contribution >= 4 is 23.2 Å². The van der Waals surface area contributed by atoms with E-state index in [1.54, 1.807) is 36.4 Å². The van der Waals surface area contributed by atoms with Gasteiger partial charge >= 0.3 is 0 Å². The summed E-state index contributed by atoms with van der Waals surface area (Å²) < 4.78 is 0. The summed E-state index contributed by atoms with van der Waals surface area (Å²) in [5.41, 5.74) is 8.51. The number of fused-ring (bicyclic) bond motifs is 1. The minimum atomic E-state index is -0.284. The van der Waals surface area contributed by atoms with Gasteiger partial charge in [0.25, 0.3) is 11.8 Å². The predicted molar refractivity (Wildman–Crippen MR) is 73.2 cm³/mol. The van der Waals surface area contributed by atoms with Crippen LogP contribution in [0, 0.1) is 6.92 Å². The number of hydrogen-bond acceptors (Lipinski definition) is 3. The Morgan fingerprint density at radius 3 is 2.26 bits per heavy atom. The fraction of sp³-hybridized carbons (Fsp3) is 0.0667. The fourth-order valence-corrected chi connectivity index (χ4v) is 2.31. The summed E-state index contributed by atoms with van der Waals surface area (Å²) in [6.07, 6.45) is 0. The molecule has 0 aliphatic carbocycles. The Morgan fingerprint density at radius 2 is 1.63 bits per heavy atom. The second-order valence-corrected chi connectivity index (χ2v) is 4.53. The molecule has 0 bridgehead atoms. The van der Waals surface area contributed by atoms with Gasteiger partial charge in [-0.1, -0.05) is 12.1 Å². The van der Waals surface area contributed by atoms with Gasteiger partial charge in [-0.25, -0.2) is 4.90 Å². The Balaban J connectivity index is 2.13. The van der Waals surface area contributed by atoms with Crippen LogP contribution in [-0.2, 0) is 0 Å². The number of nitrogen functional groups attached to an aromatic ring is 1. The van der Waals surface area contributed by atoms with Gasteiger partial charge in [0.05, 0.1) is 16.8 Å². The van der Waals surface area contributed by atoms with Crippen molar-refractivity contribution < 1.29 is 9.59 Å². The maximum Gasteiger partial charge on any atom is 0.266 e. The zero-order chi connectivity index (χ0) is 13.6. The average Bonchev–Trinajstić information content (AvgIpc) is 2.65. The summed E-state index contributed by atoms with van der Waals surface area (Å²) in [6, 6.07) is 12.0. The smallest absolute Gasteiger partial charge is 0.266 e. The highest BCUT2D eigenvalue weighted by molar-refractivity contribution is 6.34. The molecule has 4 nitrogen and oxygen atoms in total. The van der Waals surface area contributed by atoms with Crippen LogP contribution >= 0.6 is 0 Å². The fourth-order valence-electron chi connectivity index (χ4n) is 2.31. The third-order valence-corrected chi connectivity index (χ3v) is 3.27. The molecule has 4 heteroatoms. The van der Waals surface area contributed by atoms with Crippen LogP contribution in [0.3, 0.4) is 0 Å². The van der Waals surface area contributed by atoms with E-state index in [0.29, 0.717) is 22.5 Å². The Hall–Kier alpha value is -2.62. The van der Waals surface area contributed by atoms with Crippen LogP contribution in [0.5, 0.6) is 0 Å². The zero-order valence-corrected chi connectivity index (χ0v) is 10.4. The van der Waals surface area contributed by atoms with Crippen molar-refractivity contribution in [2.45, 2.75) is 6.92 Å². The highest BCUT2D eigenvalue weighted by atomic mass is 16.2. The van der Waals surface area contributed by atoms with Gasteiger partial charge in [-0.3, -0.25) is 9.59 Å². The molecule has 19 heavy (non-hydrogen) atoms. The maximum atomic E-state index is 12.4. The number of rotatable bonds is 1. The van der Waals surface area contributed by atoms with E-state index in [4.69, 9.17) is 5.73 Å². The van der Waals surface area contributed by atoms with Gasteiger partial charge in [0.2, 0.25) is 0 Å². The van der Waals surface area contributed by atoms with Crippen molar-refractivity contribution in [2.24, 2.45) is 0 Å². The number of carbonyl (C=O) groups is 2. The van der Waals surface area contributed by atoms with E-state index >= 15 is 0 Å². The molecule has 2 N–H and O–H groups in total. The standard InChI is InChI=1S/C15H12N2O2/c1-9-3-2-4-12-13(9)15(19)17(14(12)18)11-7-5-10(16)6-8-11/h2-8H,16H2,1H3. The van der Waals surface area contributed by atoms with Crippen LogP contribution < -0.4 is 10.6 Å². The zero-order valence-electron chi connectivity index (χ0n) is 10.4. The van der Waals surface area contributed by atoms with Gasteiger partial charge in [0.15, 0.2) is 0 Å². The summed E-state index contributed by atoms with van der Waals surface area (Å²) in [4.78, 5) is 25.9. The van der Waals surface area contributed by atoms with Crippen molar-refractivity contribution in [3.63, 3.8) is 0 Å². The van der Waals surface area contributed by atoms with E-state index < -0.39 is 0 Å². The normalized spacial score (nSPS) is 13.8. The number of amides is 2. The lowest BCUT2D eigenvalue weighted by atomic mass is 10.0. The summed E-state index contributed by atoms with van der Waals surface area (Å²) in [5.74, 6) is -0.559. The van der Waals surface area contributed by atoms with Crippen LogP contribution in [-0.4, -0.2) is 11.8 Å². The first-order chi connectivity index (χ1) is 9.09. The largest absolute Gasteiger partial charge is 0.399 e. The average molecular weight is 252 g/mol. The molecule has 0 fully saturated rings. The molecule has 0 saturated heterocycles. The van der Waals surface area contributed by atoms with Crippen molar-refractivity contribution in [1.29, 1.82) is 0 Å². The third kappa shape index (κ3) is 1.61. The number of nitrogens with two attached hydrogens (primary N) is 1. The van der Waals surface area contributed by atoms with Crippen LogP contribution in [0.4, 0.5) is 11.4 Å². The lowest BCUT2D eigenvalue weighted by molar-refractivity contribution is 0.0926. The SMILES string of the molecule is Cc1cccc2c1C(=O)N(c1ccc(N)cc1)C2=O. The molecule has 0 atom stereocenters. The van der Waals surface area contributed by atoms with Crippen molar-refractivity contribution in [3.05, 3.63) is 59.2 Å². The van der Waals surface area contributed by atoms with E-state index in [2.05, 4.69) is 0 Å². The molecular formula is C15H12N2O2. The molecule has 0 radical (unpaired) electrons. The van der Waals surface area contributed by atoms with E-state index in [-0.39, 0.29) is 11.8 Å². The molecule has 0 aromatic heterocycles. The lowest BCUT2D eigenvalue weighted by Crippen LogP contribution is -2.29. The van der Waals surface area contributed by atoms with Crippen molar-refractivity contribution in [1.82, 2.24) is 0 Å². The predicted octanol–water partition coefficient (Wildman–Crippen LogP) is 2.38. The lowest BCUT2D eigenvalue weighted by Gasteiger charge is -2.13. The first-order valence-corrected chi connectivity index (χ1v) is 5.93. The summed E-state index contributed by atoms with van der Waals surface area (Å²) in [5, 5.41) is 0. The Labute approximate surface area is 110 Å². The topological polar surface area (TPSA) is 63.4 Å². The minimum absolute atomic E-state index is 0.275. The van der Waals surface area contributed by atoms with Gasteiger partial charge in [0, 0.05) is 5.69 Å². The molecule has 2 amide bonds. The van der Waals surface area contributed by atoms with Crippen molar-refractivity contribution in [3.8, 4) is 0 Å². The van der Waals surface area contributed by atoms with Crippen LogP contribution in [0.2, 0.25) is 0 Å². The van der Waals surface area contributed by atoms with Gasteiger partial charge in [-0.05, 0) is 42.8 Å². The van der Waals surface area contributed by atoms with E-state index in [0.717, 1.165) is 5.56 Å². The first kappa shape index (κ1) is 11.5. The molecule has 2 aromatic carbocycles. The third-order valence-electron chi connectivity index (χ3n) is 3.27. The monoisotopic (exact) mass is 252 g/mol. The molecule has 94 valence electrons. The number of anilines is 2. The number of nitrogens with zero attached hydrogens (tertiary/aromatic N) is 1. The number of carbonyl (C=O) groups excluding carboxylic acids is 2. The van der Waals surface area contributed by atoms with E-state index in [1.165, 1.54) is 4.90 Å². The molecule has 0 saturated carbocycles. The molecular weight excluding hydrogens is 240 g/mol. The van der Waals surface area contributed by atoms with E-state index in [9.17, 15) is 9.59 Å². The summed E-state index contributed by atoms with van der Waals surface area (Å²) in [7, 11) is 0. The minimum Gasteiger partial charge on any atom is -0.399 e. The van der Waals surface area contributed by atoms with Gasteiger partial charge < -0.3 is 5.73 Å². The molecule has 1 heterocycles. The second-order valence-electron chi connectivity index (χ2n) is 4.53. The maximum absolute atomic E-state index is 12.4. The Bertz CT molecular complexity index is 690. The highest BCUT2D eigenvalue weighted by Crippen LogP contribution is 2.30. The van der Waals surface area contributed by atoms with Crippen molar-refractivity contribution in [2.75, 3.05) is 10.6 Å². The van der Waals surface area contributed by atoms with E-state index in [1.807, 2.05) is 13.0 Å². The van der Waals surface area contributed by atoms with Gasteiger partial charge in [-0.15, -0.1) is 0 Å². The Morgan fingerprint density at radius 1 is 0.947 bits per heavy atom. The van der Waals surface area contributed by atoms with Gasteiger partial charge in [-0.2, -0.15) is 0 Å². The van der Waals surface area contributed by atoms with Crippen LogP contribution in [0.15, 0.2) is 42.5 Å². The summed E-state index contributed by atoms with van der Waals surface area (Å²) >= 11 is 0. The first-order valence-electron chi connectivity index (χ1n) is 5.93. The molecule has 1 aliphatic heterocycles. The number of imide groups is 1. The number of benzene rings is 2. The Kier molecular flexibility index (Phi) is 2.38. The highest BCUT2D eigenvalue weighted by Gasteiger charge is 2.37. The summed E-state index contributed by atoms with van der Waals surface area (Å²) in [6.45, 7) is 1.83. The van der Waals surface area contributed by atoms with Gasteiger partial charge in [0.1, 0.15) is 0 Å². The van der Waals surface area contributed by atoms with Crippen LogP contribution in [0.1, 0.15) is 26.3 Å².